The summed E-state index contributed by atoms with van der Waals surface area (Å²) in [6, 6.07) is 8.06. The monoisotopic (exact) mass is 249 g/mol. The lowest BCUT2D eigenvalue weighted by molar-refractivity contribution is 0.0560. The van der Waals surface area contributed by atoms with Crippen molar-refractivity contribution in [2.45, 2.75) is 37.7 Å². The van der Waals surface area contributed by atoms with Crippen LogP contribution in [-0.2, 0) is 0 Å². The largest absolute Gasteiger partial charge is 0.497 e. The summed E-state index contributed by atoms with van der Waals surface area (Å²) in [5, 5.41) is 10.2. The van der Waals surface area contributed by atoms with Gasteiger partial charge in [0.1, 0.15) is 5.75 Å². The molecule has 1 aliphatic carbocycles. The lowest BCUT2D eigenvalue weighted by atomic mass is 9.75. The zero-order chi connectivity index (χ0) is 13.0. The Morgan fingerprint density at radius 1 is 1.39 bits per heavy atom. The van der Waals surface area contributed by atoms with E-state index in [1.165, 1.54) is 12.0 Å². The zero-order valence-corrected chi connectivity index (χ0v) is 11.0. The van der Waals surface area contributed by atoms with Crippen molar-refractivity contribution in [2.75, 3.05) is 13.7 Å². The molecule has 0 spiro atoms. The molecule has 100 valence electrons. The predicted octanol–water partition coefficient (Wildman–Crippen LogP) is 2.29. The minimum Gasteiger partial charge on any atom is -0.497 e. The molecule has 0 bridgehead atoms. The summed E-state index contributed by atoms with van der Waals surface area (Å²) in [4.78, 5) is 0. The number of benzene rings is 1. The van der Waals surface area contributed by atoms with E-state index in [1.54, 1.807) is 7.11 Å². The molecule has 0 heterocycles. The van der Waals surface area contributed by atoms with Crippen molar-refractivity contribution in [1.29, 1.82) is 0 Å². The average Bonchev–Trinajstić information content (AvgIpc) is 2.42. The predicted molar refractivity (Wildman–Crippen MR) is 72.8 cm³/mol. The molecule has 0 amide bonds. The van der Waals surface area contributed by atoms with Crippen LogP contribution in [0.5, 0.6) is 5.75 Å². The van der Waals surface area contributed by atoms with Crippen LogP contribution >= 0.6 is 0 Å². The molecule has 1 saturated carbocycles. The molecule has 0 aromatic heterocycles. The fraction of sp³-hybridized carbons (Fsp3) is 0.600. The number of hydrogen-bond donors (Lipinski definition) is 2. The first-order chi connectivity index (χ1) is 8.76. The molecule has 2 rings (SSSR count). The Balaban J connectivity index is 2.20. The van der Waals surface area contributed by atoms with Gasteiger partial charge in [0, 0.05) is 5.92 Å². The molecule has 3 nitrogen and oxygen atoms in total. The molecule has 3 heteroatoms. The summed E-state index contributed by atoms with van der Waals surface area (Å²) in [7, 11) is 1.67. The van der Waals surface area contributed by atoms with Gasteiger partial charge >= 0.3 is 0 Å². The van der Waals surface area contributed by atoms with E-state index in [-0.39, 0.29) is 17.9 Å². The maximum absolute atomic E-state index is 10.2. The van der Waals surface area contributed by atoms with Gasteiger partial charge < -0.3 is 15.6 Å². The maximum atomic E-state index is 10.2. The van der Waals surface area contributed by atoms with Crippen molar-refractivity contribution in [2.24, 2.45) is 11.7 Å². The van der Waals surface area contributed by atoms with Crippen molar-refractivity contribution in [1.82, 2.24) is 0 Å². The molecule has 3 atom stereocenters. The third kappa shape index (κ3) is 2.85. The second-order valence-corrected chi connectivity index (χ2v) is 5.13. The van der Waals surface area contributed by atoms with Crippen molar-refractivity contribution < 1.29 is 9.84 Å². The highest BCUT2D eigenvalue weighted by molar-refractivity contribution is 5.31. The summed E-state index contributed by atoms with van der Waals surface area (Å²) in [6.07, 6.45) is 4.10. The van der Waals surface area contributed by atoms with Gasteiger partial charge in [0.25, 0.3) is 0 Å². The topological polar surface area (TPSA) is 55.5 Å². The Bertz CT molecular complexity index is 381. The fourth-order valence-electron chi connectivity index (χ4n) is 3.04. The van der Waals surface area contributed by atoms with E-state index in [9.17, 15) is 5.11 Å². The van der Waals surface area contributed by atoms with Gasteiger partial charge in [-0.25, -0.2) is 0 Å². The van der Waals surface area contributed by atoms with Crippen LogP contribution in [0.25, 0.3) is 0 Å². The Morgan fingerprint density at radius 3 is 2.83 bits per heavy atom. The number of aliphatic hydroxyl groups is 1. The molecule has 3 N–H and O–H groups in total. The Morgan fingerprint density at radius 2 is 2.17 bits per heavy atom. The molecule has 1 aliphatic rings. The fourth-order valence-corrected chi connectivity index (χ4v) is 3.04. The third-order valence-corrected chi connectivity index (χ3v) is 4.07. The summed E-state index contributed by atoms with van der Waals surface area (Å²) >= 11 is 0. The number of methoxy groups -OCH3 is 1. The van der Waals surface area contributed by atoms with E-state index in [0.29, 0.717) is 6.54 Å². The van der Waals surface area contributed by atoms with E-state index in [2.05, 4.69) is 6.07 Å². The molecular formula is C15H23NO2. The molecule has 0 aliphatic heterocycles. The zero-order valence-electron chi connectivity index (χ0n) is 11.0. The molecule has 18 heavy (non-hydrogen) atoms. The van der Waals surface area contributed by atoms with Crippen LogP contribution in [0.15, 0.2) is 24.3 Å². The van der Waals surface area contributed by atoms with Gasteiger partial charge in [0.05, 0.1) is 13.2 Å². The number of rotatable bonds is 4. The van der Waals surface area contributed by atoms with Crippen molar-refractivity contribution in [3.63, 3.8) is 0 Å². The second-order valence-electron chi connectivity index (χ2n) is 5.13. The Hall–Kier alpha value is -1.06. The molecule has 0 radical (unpaired) electrons. The minimum atomic E-state index is -0.210. The van der Waals surface area contributed by atoms with Crippen LogP contribution in [0.4, 0.5) is 0 Å². The summed E-state index contributed by atoms with van der Waals surface area (Å²) in [5.74, 6) is 1.38. The Labute approximate surface area is 109 Å². The van der Waals surface area contributed by atoms with Gasteiger partial charge in [-0.1, -0.05) is 25.0 Å². The maximum Gasteiger partial charge on any atom is 0.119 e. The SMILES string of the molecule is COc1cccc([C@H](CN)[C@@H]2CCCC[C@@H]2O)c1. The summed E-state index contributed by atoms with van der Waals surface area (Å²) in [5.41, 5.74) is 7.12. The molecule has 1 fully saturated rings. The van der Waals surface area contributed by atoms with E-state index >= 15 is 0 Å². The van der Waals surface area contributed by atoms with Crippen LogP contribution in [0.3, 0.4) is 0 Å². The molecule has 0 unspecified atom stereocenters. The first-order valence-corrected chi connectivity index (χ1v) is 6.78. The number of hydrogen-bond acceptors (Lipinski definition) is 3. The number of aliphatic hydroxyl groups excluding tert-OH is 1. The highest BCUT2D eigenvalue weighted by atomic mass is 16.5. The van der Waals surface area contributed by atoms with E-state index in [0.717, 1.165) is 25.0 Å². The first-order valence-electron chi connectivity index (χ1n) is 6.78. The minimum absolute atomic E-state index is 0.210. The van der Waals surface area contributed by atoms with Gasteiger partial charge in [-0.3, -0.25) is 0 Å². The van der Waals surface area contributed by atoms with E-state index in [1.807, 2.05) is 18.2 Å². The van der Waals surface area contributed by atoms with Crippen LogP contribution in [-0.4, -0.2) is 24.9 Å². The smallest absolute Gasteiger partial charge is 0.119 e. The van der Waals surface area contributed by atoms with Gasteiger partial charge in [-0.05, 0) is 43.0 Å². The first kappa shape index (κ1) is 13.4. The lowest BCUT2D eigenvalue weighted by Crippen LogP contribution is -2.33. The number of ether oxygens (including phenoxy) is 1. The van der Waals surface area contributed by atoms with Crippen LogP contribution in [0.2, 0.25) is 0 Å². The van der Waals surface area contributed by atoms with Gasteiger partial charge in [-0.2, -0.15) is 0 Å². The van der Waals surface area contributed by atoms with Crippen molar-refractivity contribution in [3.8, 4) is 5.75 Å². The lowest BCUT2D eigenvalue weighted by Gasteiger charge is -2.34. The van der Waals surface area contributed by atoms with Gasteiger partial charge in [0.15, 0.2) is 0 Å². The van der Waals surface area contributed by atoms with Crippen LogP contribution in [0, 0.1) is 5.92 Å². The number of nitrogens with two attached hydrogens (primary N) is 1. The van der Waals surface area contributed by atoms with Gasteiger partial charge in [0.2, 0.25) is 0 Å². The molecule has 1 aromatic carbocycles. The Kier molecular flexibility index (Phi) is 4.61. The quantitative estimate of drug-likeness (QED) is 0.860. The van der Waals surface area contributed by atoms with E-state index in [4.69, 9.17) is 10.5 Å². The summed E-state index contributed by atoms with van der Waals surface area (Å²) < 4.78 is 5.26. The second kappa shape index (κ2) is 6.21. The molecule has 1 aromatic rings. The standard InChI is InChI=1S/C15H23NO2/c1-18-12-6-4-5-11(9-12)14(10-16)13-7-2-3-8-15(13)17/h4-6,9,13-15,17H,2-3,7-8,10,16H2,1H3/t13-,14-,15-/m0/s1. The van der Waals surface area contributed by atoms with Crippen molar-refractivity contribution in [3.05, 3.63) is 29.8 Å². The van der Waals surface area contributed by atoms with Crippen molar-refractivity contribution >= 4 is 0 Å². The normalized spacial score (nSPS) is 25.7. The van der Waals surface area contributed by atoms with Crippen LogP contribution in [0.1, 0.15) is 37.2 Å². The molecule has 0 saturated heterocycles. The van der Waals surface area contributed by atoms with Crippen LogP contribution < -0.4 is 10.5 Å². The van der Waals surface area contributed by atoms with E-state index < -0.39 is 0 Å². The highest BCUT2D eigenvalue weighted by Crippen LogP contribution is 2.36. The third-order valence-electron chi connectivity index (χ3n) is 4.07. The van der Waals surface area contributed by atoms with Gasteiger partial charge in [-0.15, -0.1) is 0 Å². The molecular weight excluding hydrogens is 226 g/mol. The average molecular weight is 249 g/mol. The highest BCUT2D eigenvalue weighted by Gasteiger charge is 2.30. The summed E-state index contributed by atoms with van der Waals surface area (Å²) in [6.45, 7) is 0.578.